The van der Waals surface area contributed by atoms with Crippen molar-refractivity contribution >= 4 is 23.7 Å². The first-order valence-corrected chi connectivity index (χ1v) is 11.6. The van der Waals surface area contributed by atoms with Crippen LogP contribution in [-0.4, -0.2) is 54.0 Å². The summed E-state index contributed by atoms with van der Waals surface area (Å²) < 4.78 is 0. The van der Waals surface area contributed by atoms with Crippen LogP contribution in [0.25, 0.3) is 11.1 Å². The molecule has 7 nitrogen and oxygen atoms in total. The van der Waals surface area contributed by atoms with E-state index in [0.29, 0.717) is 24.1 Å². The number of benzene rings is 3. The van der Waals surface area contributed by atoms with Crippen LogP contribution in [0.3, 0.4) is 0 Å². The largest absolute Gasteiger partial charge is 0.332 e. The highest BCUT2D eigenvalue weighted by atomic mass is 16.2. The van der Waals surface area contributed by atoms with Crippen molar-refractivity contribution < 1.29 is 9.59 Å². The van der Waals surface area contributed by atoms with E-state index in [1.165, 1.54) is 9.80 Å². The molecule has 4 rings (SSSR count). The number of hydrogen-bond donors (Lipinski definition) is 0. The molecule has 7 heteroatoms. The Morgan fingerprint density at radius 3 is 2.47 bits per heavy atom. The lowest BCUT2D eigenvalue weighted by Crippen LogP contribution is -2.43. The molecule has 0 radical (unpaired) electrons. The Balaban J connectivity index is 1.42. The first-order chi connectivity index (χ1) is 17.5. The van der Waals surface area contributed by atoms with Crippen molar-refractivity contribution in [2.24, 2.45) is 10.9 Å². The molecule has 0 aliphatic carbocycles. The molecule has 1 saturated heterocycles. The quantitative estimate of drug-likeness (QED) is 0.492. The van der Waals surface area contributed by atoms with Gasteiger partial charge in [-0.15, -0.1) is 0 Å². The highest BCUT2D eigenvalue weighted by molar-refractivity contribution is 5.97. The minimum atomic E-state index is -0.552. The van der Waals surface area contributed by atoms with Crippen LogP contribution in [0.4, 0.5) is 5.69 Å². The minimum Gasteiger partial charge on any atom is -0.332 e. The first kappa shape index (κ1) is 24.4. The molecule has 2 unspecified atom stereocenters. The van der Waals surface area contributed by atoms with E-state index in [0.717, 1.165) is 16.8 Å². The Bertz CT molecular complexity index is 1370. The predicted molar refractivity (Wildman–Crippen MR) is 137 cm³/mol. The second-order valence-corrected chi connectivity index (χ2v) is 8.74. The summed E-state index contributed by atoms with van der Waals surface area (Å²) in [4.78, 5) is 33.5. The van der Waals surface area contributed by atoms with Crippen molar-refractivity contribution in [2.75, 3.05) is 20.1 Å². The van der Waals surface area contributed by atoms with Gasteiger partial charge in [0.1, 0.15) is 6.04 Å². The number of nitrogens with zero attached hydrogens (tertiary/aromatic N) is 5. The van der Waals surface area contributed by atoms with E-state index >= 15 is 0 Å². The minimum absolute atomic E-state index is 0.0272. The maximum Gasteiger partial charge on any atom is 0.254 e. The van der Waals surface area contributed by atoms with Gasteiger partial charge in [0.15, 0.2) is 0 Å². The maximum atomic E-state index is 13.1. The Kier molecular flexibility index (Phi) is 7.53. The zero-order valence-electron chi connectivity index (χ0n) is 19.9. The number of para-hydroxylation sites is 1. The van der Waals surface area contributed by atoms with E-state index in [1.54, 1.807) is 49.7 Å². The summed E-state index contributed by atoms with van der Waals surface area (Å²) >= 11 is 0. The van der Waals surface area contributed by atoms with Crippen LogP contribution < -0.4 is 0 Å². The van der Waals surface area contributed by atoms with Crippen LogP contribution in [0, 0.1) is 28.6 Å². The summed E-state index contributed by atoms with van der Waals surface area (Å²) in [5.41, 5.74) is 3.44. The zero-order chi connectivity index (χ0) is 25.5. The summed E-state index contributed by atoms with van der Waals surface area (Å²) in [5.74, 6) is -0.594. The van der Waals surface area contributed by atoms with E-state index < -0.39 is 6.04 Å². The van der Waals surface area contributed by atoms with Gasteiger partial charge in [0.05, 0.1) is 29.9 Å². The molecule has 36 heavy (non-hydrogen) atoms. The number of carbonyl (C=O) groups excluding carboxylic acids is 2. The van der Waals surface area contributed by atoms with Crippen LogP contribution >= 0.6 is 0 Å². The van der Waals surface area contributed by atoms with Gasteiger partial charge in [0.2, 0.25) is 5.91 Å². The molecule has 2 amide bonds. The fourth-order valence-corrected chi connectivity index (χ4v) is 4.27. The highest BCUT2D eigenvalue weighted by Crippen LogP contribution is 2.24. The summed E-state index contributed by atoms with van der Waals surface area (Å²) in [5, 5.41) is 18.8. The standard InChI is InChI=1S/C29H25N5O2/c1-33(29(36)25-10-6-9-24(15-25)23-8-5-7-21(13-23)16-30)20-28(35)34-19-22(14-27(34)17-31)18-32-26-11-3-2-4-12-26/h2-13,15,18,22,27H,14,19-20H2,1H3/b32-18-. The molecule has 3 aromatic rings. The molecule has 1 aliphatic heterocycles. The van der Waals surface area contributed by atoms with Gasteiger partial charge in [0.25, 0.3) is 5.91 Å². The average Bonchev–Trinajstić information content (AvgIpc) is 3.35. The molecule has 0 N–H and O–H groups in total. The molecule has 0 saturated carbocycles. The van der Waals surface area contributed by atoms with Crippen molar-refractivity contribution in [3.63, 3.8) is 0 Å². The number of likely N-dealkylation sites (tertiary alicyclic amines) is 1. The summed E-state index contributed by atoms with van der Waals surface area (Å²) in [7, 11) is 1.58. The van der Waals surface area contributed by atoms with Gasteiger partial charge in [0, 0.05) is 31.3 Å². The van der Waals surface area contributed by atoms with Crippen molar-refractivity contribution in [1.82, 2.24) is 9.80 Å². The van der Waals surface area contributed by atoms with E-state index in [4.69, 9.17) is 5.26 Å². The summed E-state index contributed by atoms with van der Waals surface area (Å²) in [6.07, 6.45) is 2.31. The third kappa shape index (κ3) is 5.65. The monoisotopic (exact) mass is 475 g/mol. The SMILES string of the molecule is CN(CC(=O)N1CC(/C=N\c2ccccc2)CC1C#N)C(=O)c1cccc(-c2cccc(C#N)c2)c1. The molecule has 1 fully saturated rings. The predicted octanol–water partition coefficient (Wildman–Crippen LogP) is 4.44. The second-order valence-electron chi connectivity index (χ2n) is 8.74. The lowest BCUT2D eigenvalue weighted by molar-refractivity contribution is -0.131. The second kappa shape index (κ2) is 11.1. The molecule has 0 spiro atoms. The first-order valence-electron chi connectivity index (χ1n) is 11.6. The van der Waals surface area contributed by atoms with Gasteiger partial charge < -0.3 is 9.80 Å². The normalized spacial score (nSPS) is 16.9. The summed E-state index contributed by atoms with van der Waals surface area (Å²) in [6.45, 7) is 0.258. The molecule has 1 aliphatic rings. The topological polar surface area (TPSA) is 101 Å². The van der Waals surface area contributed by atoms with Gasteiger partial charge in [-0.05, 0) is 53.9 Å². The maximum absolute atomic E-state index is 13.1. The molecular formula is C29H25N5O2. The number of hydrogen-bond acceptors (Lipinski definition) is 5. The third-order valence-corrected chi connectivity index (χ3v) is 6.15. The van der Waals surface area contributed by atoms with Gasteiger partial charge >= 0.3 is 0 Å². The molecule has 3 aromatic carbocycles. The fraction of sp³-hybridized carbons (Fsp3) is 0.207. The van der Waals surface area contributed by atoms with Crippen LogP contribution in [0.5, 0.6) is 0 Å². The smallest absolute Gasteiger partial charge is 0.254 e. The van der Waals surface area contributed by atoms with Gasteiger partial charge in [-0.3, -0.25) is 14.6 Å². The van der Waals surface area contributed by atoms with E-state index in [9.17, 15) is 14.9 Å². The van der Waals surface area contributed by atoms with Crippen LogP contribution in [0.2, 0.25) is 0 Å². The number of nitriles is 2. The third-order valence-electron chi connectivity index (χ3n) is 6.15. The molecule has 178 valence electrons. The van der Waals surface area contributed by atoms with Crippen LogP contribution in [0.1, 0.15) is 22.3 Å². The fourth-order valence-electron chi connectivity index (χ4n) is 4.27. The summed E-state index contributed by atoms with van der Waals surface area (Å²) in [6, 6.07) is 27.6. The van der Waals surface area contributed by atoms with Gasteiger partial charge in [-0.2, -0.15) is 10.5 Å². The number of amides is 2. The Morgan fingerprint density at radius 2 is 1.75 bits per heavy atom. The molecular weight excluding hydrogens is 450 g/mol. The van der Waals surface area contributed by atoms with E-state index in [1.807, 2.05) is 42.5 Å². The van der Waals surface area contributed by atoms with Crippen LogP contribution in [0.15, 0.2) is 83.9 Å². The van der Waals surface area contributed by atoms with Gasteiger partial charge in [-0.1, -0.05) is 42.5 Å². The number of aliphatic imine (C=N–C) groups is 1. The molecule has 1 heterocycles. The lowest BCUT2D eigenvalue weighted by atomic mass is 10.0. The van der Waals surface area contributed by atoms with Crippen molar-refractivity contribution in [1.29, 1.82) is 10.5 Å². The Hall–Kier alpha value is -4.75. The van der Waals surface area contributed by atoms with E-state index in [-0.39, 0.29) is 24.3 Å². The van der Waals surface area contributed by atoms with E-state index in [2.05, 4.69) is 17.1 Å². The van der Waals surface area contributed by atoms with Crippen LogP contribution in [-0.2, 0) is 4.79 Å². The molecule has 0 bridgehead atoms. The zero-order valence-corrected chi connectivity index (χ0v) is 19.9. The van der Waals surface area contributed by atoms with Gasteiger partial charge in [-0.25, -0.2) is 0 Å². The highest BCUT2D eigenvalue weighted by Gasteiger charge is 2.35. The lowest BCUT2D eigenvalue weighted by Gasteiger charge is -2.24. The number of rotatable bonds is 6. The van der Waals surface area contributed by atoms with Crippen molar-refractivity contribution in [2.45, 2.75) is 12.5 Å². The molecule has 0 aromatic heterocycles. The van der Waals surface area contributed by atoms with Crippen molar-refractivity contribution in [3.8, 4) is 23.3 Å². The Labute approximate surface area is 210 Å². The molecule has 2 atom stereocenters. The Morgan fingerprint density at radius 1 is 1.03 bits per heavy atom. The number of carbonyl (C=O) groups is 2. The average molecular weight is 476 g/mol. The number of likely N-dealkylation sites (N-methyl/N-ethyl adjacent to an activating group) is 1. The van der Waals surface area contributed by atoms with Crippen molar-refractivity contribution in [3.05, 3.63) is 90.0 Å².